The number of hydrogen-bond donors (Lipinski definition) is 1. The molecule has 1 fully saturated rings. The van der Waals surface area contributed by atoms with Gasteiger partial charge in [-0.15, -0.1) is 0 Å². The van der Waals surface area contributed by atoms with Gasteiger partial charge >= 0.3 is 0 Å². The normalized spacial score (nSPS) is 15.9. The third kappa shape index (κ3) is 3.92. The third-order valence-electron chi connectivity index (χ3n) is 5.68. The molecule has 1 N–H and O–H groups in total. The Balaban J connectivity index is 1.22. The van der Waals surface area contributed by atoms with Crippen LogP contribution in [0, 0.1) is 5.92 Å². The number of nitrogens with zero attached hydrogens (tertiary/aromatic N) is 3. The number of rotatable bonds is 4. The molecule has 2 aromatic carbocycles. The van der Waals surface area contributed by atoms with Crippen molar-refractivity contribution in [2.24, 2.45) is 5.92 Å². The zero-order valence-electron chi connectivity index (χ0n) is 16.9. The highest BCUT2D eigenvalue weighted by atomic mass is 16.2. The minimum Gasteiger partial charge on any atom is -0.338 e. The first-order valence-corrected chi connectivity index (χ1v) is 10.4. The summed E-state index contributed by atoms with van der Waals surface area (Å²) in [6.07, 6.45) is 4.62. The Morgan fingerprint density at radius 3 is 2.48 bits per heavy atom. The molecular formula is C25H22N4O2. The Morgan fingerprint density at radius 2 is 1.71 bits per heavy atom. The second kappa shape index (κ2) is 8.07. The summed E-state index contributed by atoms with van der Waals surface area (Å²) in [5.41, 5.74) is 4.17. The van der Waals surface area contributed by atoms with E-state index in [0.717, 1.165) is 22.6 Å². The fourth-order valence-corrected chi connectivity index (χ4v) is 3.96. The van der Waals surface area contributed by atoms with Gasteiger partial charge in [0.1, 0.15) is 5.65 Å². The molecule has 0 bridgehead atoms. The van der Waals surface area contributed by atoms with E-state index in [-0.39, 0.29) is 17.7 Å². The van der Waals surface area contributed by atoms with Gasteiger partial charge < -0.3 is 14.6 Å². The summed E-state index contributed by atoms with van der Waals surface area (Å²) in [7, 11) is 0. The molecule has 2 amide bonds. The lowest BCUT2D eigenvalue weighted by Gasteiger charge is -2.16. The van der Waals surface area contributed by atoms with Crippen LogP contribution in [0.15, 0.2) is 85.2 Å². The van der Waals surface area contributed by atoms with E-state index < -0.39 is 0 Å². The molecule has 6 heteroatoms. The molecule has 0 aliphatic carbocycles. The van der Waals surface area contributed by atoms with Gasteiger partial charge in [0.2, 0.25) is 5.91 Å². The van der Waals surface area contributed by atoms with Crippen molar-refractivity contribution in [3.8, 4) is 11.3 Å². The highest BCUT2D eigenvalue weighted by Gasteiger charge is 2.31. The van der Waals surface area contributed by atoms with Crippen LogP contribution in [0.1, 0.15) is 16.8 Å². The number of anilines is 1. The number of fused-ring (bicyclic) bond motifs is 1. The van der Waals surface area contributed by atoms with Crippen LogP contribution in [0.25, 0.3) is 16.9 Å². The Bertz CT molecular complexity index is 1200. The largest absolute Gasteiger partial charge is 0.338 e. The van der Waals surface area contributed by atoms with Crippen LogP contribution in [0.5, 0.6) is 0 Å². The molecular weight excluding hydrogens is 388 g/mol. The second-order valence-electron chi connectivity index (χ2n) is 7.76. The summed E-state index contributed by atoms with van der Waals surface area (Å²) in [6.45, 7) is 1.04. The Kier molecular flexibility index (Phi) is 4.96. The van der Waals surface area contributed by atoms with Crippen LogP contribution < -0.4 is 5.32 Å². The van der Waals surface area contributed by atoms with Crippen LogP contribution in [0.3, 0.4) is 0 Å². The van der Waals surface area contributed by atoms with Crippen LogP contribution in [-0.4, -0.2) is 39.2 Å². The van der Waals surface area contributed by atoms with Crippen molar-refractivity contribution in [1.82, 2.24) is 14.3 Å². The minimum atomic E-state index is -0.203. The fraction of sp³-hybridized carbons (Fsp3) is 0.160. The molecule has 31 heavy (non-hydrogen) atoms. The molecule has 0 radical (unpaired) electrons. The number of carbonyl (C=O) groups excluding carboxylic acids is 2. The molecule has 3 heterocycles. The third-order valence-corrected chi connectivity index (χ3v) is 5.68. The summed E-state index contributed by atoms with van der Waals surface area (Å²) in [5, 5.41) is 2.99. The topological polar surface area (TPSA) is 66.7 Å². The van der Waals surface area contributed by atoms with E-state index in [4.69, 9.17) is 0 Å². The van der Waals surface area contributed by atoms with E-state index in [1.807, 2.05) is 77.5 Å². The lowest BCUT2D eigenvalue weighted by Crippen LogP contribution is -2.31. The standard InChI is InChI=1S/C25H22N4O2/c30-24(20-13-15-29(16-20)25(31)19-6-2-1-3-7-19)26-21-11-9-18(10-12-21)22-17-28-14-5-4-8-23(28)27-22/h1-12,14,17,20H,13,15-16H2,(H,26,30). The fourth-order valence-electron chi connectivity index (χ4n) is 3.96. The van der Waals surface area contributed by atoms with Gasteiger partial charge in [-0.1, -0.05) is 36.4 Å². The van der Waals surface area contributed by atoms with Crippen molar-refractivity contribution in [2.45, 2.75) is 6.42 Å². The van der Waals surface area contributed by atoms with E-state index in [2.05, 4.69) is 10.3 Å². The monoisotopic (exact) mass is 410 g/mol. The summed E-state index contributed by atoms with van der Waals surface area (Å²) in [4.78, 5) is 31.7. The molecule has 1 aliphatic heterocycles. The molecule has 1 atom stereocenters. The summed E-state index contributed by atoms with van der Waals surface area (Å²) in [6, 6.07) is 22.8. The molecule has 5 rings (SSSR count). The molecule has 1 saturated heterocycles. The van der Waals surface area contributed by atoms with Gasteiger partial charge in [0.05, 0.1) is 11.6 Å². The summed E-state index contributed by atoms with van der Waals surface area (Å²) < 4.78 is 1.98. The number of nitrogens with one attached hydrogen (secondary N) is 1. The van der Waals surface area contributed by atoms with Crippen molar-refractivity contribution < 1.29 is 9.59 Å². The molecule has 0 saturated carbocycles. The number of carbonyl (C=O) groups is 2. The predicted octanol–water partition coefficient (Wildman–Crippen LogP) is 4.10. The molecule has 1 unspecified atom stereocenters. The van der Waals surface area contributed by atoms with Crippen LogP contribution in [-0.2, 0) is 4.79 Å². The van der Waals surface area contributed by atoms with E-state index in [0.29, 0.717) is 25.1 Å². The maximum atomic E-state index is 12.7. The van der Waals surface area contributed by atoms with Gasteiger partial charge in [-0.3, -0.25) is 9.59 Å². The average molecular weight is 410 g/mol. The van der Waals surface area contributed by atoms with E-state index in [1.54, 1.807) is 17.0 Å². The van der Waals surface area contributed by atoms with Crippen molar-refractivity contribution in [2.75, 3.05) is 18.4 Å². The van der Waals surface area contributed by atoms with Gasteiger partial charge in [-0.25, -0.2) is 4.98 Å². The predicted molar refractivity (Wildman–Crippen MR) is 120 cm³/mol. The molecule has 154 valence electrons. The maximum Gasteiger partial charge on any atom is 0.253 e. The number of likely N-dealkylation sites (tertiary alicyclic amines) is 1. The Hall–Kier alpha value is -3.93. The highest BCUT2D eigenvalue weighted by molar-refractivity contribution is 5.97. The zero-order chi connectivity index (χ0) is 21.2. The van der Waals surface area contributed by atoms with Gasteiger partial charge in [0, 0.05) is 42.3 Å². The van der Waals surface area contributed by atoms with Gasteiger partial charge in [0.15, 0.2) is 0 Å². The van der Waals surface area contributed by atoms with Crippen molar-refractivity contribution in [1.29, 1.82) is 0 Å². The van der Waals surface area contributed by atoms with E-state index >= 15 is 0 Å². The van der Waals surface area contributed by atoms with E-state index in [1.165, 1.54) is 0 Å². The molecule has 0 spiro atoms. The van der Waals surface area contributed by atoms with Crippen LogP contribution in [0.2, 0.25) is 0 Å². The minimum absolute atomic E-state index is 0.0206. The summed E-state index contributed by atoms with van der Waals surface area (Å²) in [5.74, 6) is -0.276. The number of hydrogen-bond acceptors (Lipinski definition) is 3. The Labute approximate surface area is 180 Å². The van der Waals surface area contributed by atoms with Gasteiger partial charge in [-0.2, -0.15) is 0 Å². The average Bonchev–Trinajstić information content (AvgIpc) is 3.47. The van der Waals surface area contributed by atoms with E-state index in [9.17, 15) is 9.59 Å². The number of imidazole rings is 1. The van der Waals surface area contributed by atoms with Crippen LogP contribution in [0.4, 0.5) is 5.69 Å². The first-order chi connectivity index (χ1) is 15.2. The lowest BCUT2D eigenvalue weighted by molar-refractivity contribution is -0.119. The SMILES string of the molecule is O=C(Nc1ccc(-c2cn3ccccc3n2)cc1)C1CCN(C(=O)c2ccccc2)C1. The molecule has 6 nitrogen and oxygen atoms in total. The Morgan fingerprint density at radius 1 is 0.935 bits per heavy atom. The quantitative estimate of drug-likeness (QED) is 0.551. The van der Waals surface area contributed by atoms with Crippen LogP contribution >= 0.6 is 0 Å². The molecule has 1 aliphatic rings. The maximum absolute atomic E-state index is 12.7. The van der Waals surface area contributed by atoms with Crippen molar-refractivity contribution in [3.63, 3.8) is 0 Å². The molecule has 4 aromatic rings. The number of amides is 2. The highest BCUT2D eigenvalue weighted by Crippen LogP contribution is 2.23. The number of aromatic nitrogens is 2. The number of pyridine rings is 1. The first-order valence-electron chi connectivity index (χ1n) is 10.4. The van der Waals surface area contributed by atoms with Crippen molar-refractivity contribution >= 4 is 23.1 Å². The summed E-state index contributed by atoms with van der Waals surface area (Å²) >= 11 is 0. The first kappa shape index (κ1) is 19.1. The van der Waals surface area contributed by atoms with Crippen molar-refractivity contribution in [3.05, 3.63) is 90.8 Å². The lowest BCUT2D eigenvalue weighted by atomic mass is 10.1. The second-order valence-corrected chi connectivity index (χ2v) is 7.76. The smallest absolute Gasteiger partial charge is 0.253 e. The van der Waals surface area contributed by atoms with Gasteiger partial charge in [-0.05, 0) is 42.8 Å². The zero-order valence-corrected chi connectivity index (χ0v) is 16.9. The number of benzene rings is 2. The van der Waals surface area contributed by atoms with Gasteiger partial charge in [0.25, 0.3) is 5.91 Å². The molecule has 2 aromatic heterocycles.